The highest BCUT2D eigenvalue weighted by molar-refractivity contribution is 6.11. The smallest absolute Gasteiger partial charge is 0.266 e. The maximum absolute atomic E-state index is 14.8. The van der Waals surface area contributed by atoms with Gasteiger partial charge in [0, 0.05) is 27.2 Å². The van der Waals surface area contributed by atoms with Crippen molar-refractivity contribution in [1.29, 1.82) is 0 Å². The van der Waals surface area contributed by atoms with Gasteiger partial charge in [-0.15, -0.1) is 0 Å². The van der Waals surface area contributed by atoms with Gasteiger partial charge < -0.3 is 4.57 Å². The molecular weight excluding hydrogens is 599 g/mol. The molecule has 3 aromatic heterocycles. The molecule has 0 bridgehead atoms. The van der Waals surface area contributed by atoms with Crippen molar-refractivity contribution < 1.29 is 0 Å². The van der Waals surface area contributed by atoms with Crippen LogP contribution in [0.15, 0.2) is 181 Å². The minimum Gasteiger partial charge on any atom is -0.309 e. The van der Waals surface area contributed by atoms with Crippen LogP contribution in [0.4, 0.5) is 0 Å². The molecule has 0 saturated carbocycles. The van der Waals surface area contributed by atoms with E-state index >= 15 is 0 Å². The van der Waals surface area contributed by atoms with Crippen LogP contribution in [-0.2, 0) is 0 Å². The summed E-state index contributed by atoms with van der Waals surface area (Å²) in [6.45, 7) is 0. The Morgan fingerprint density at radius 1 is 0.347 bits per heavy atom. The van der Waals surface area contributed by atoms with E-state index in [1.54, 1.807) is 0 Å². The highest BCUT2D eigenvalue weighted by atomic mass is 16.1. The van der Waals surface area contributed by atoms with Gasteiger partial charge in [0.1, 0.15) is 5.65 Å². The maximum atomic E-state index is 14.8. The highest BCUT2D eigenvalue weighted by Gasteiger charge is 2.22. The van der Waals surface area contributed by atoms with Crippen molar-refractivity contribution in [2.24, 2.45) is 0 Å². The summed E-state index contributed by atoms with van der Waals surface area (Å²) in [4.78, 5) is 14.8. The molecule has 0 unspecified atom stereocenters. The van der Waals surface area contributed by atoms with Gasteiger partial charge in [-0.2, -0.15) is 0 Å². The Balaban J connectivity index is 1.28. The lowest BCUT2D eigenvalue weighted by molar-refractivity contribution is 1.01. The van der Waals surface area contributed by atoms with Gasteiger partial charge in [0.2, 0.25) is 0 Å². The summed E-state index contributed by atoms with van der Waals surface area (Å²) >= 11 is 0. The first-order chi connectivity index (χ1) is 24.3. The van der Waals surface area contributed by atoms with Gasteiger partial charge in [-0.1, -0.05) is 121 Å². The molecule has 0 radical (unpaired) electrons. The number of rotatable bonds is 4. The van der Waals surface area contributed by atoms with Crippen LogP contribution in [0, 0.1) is 0 Å². The first-order valence-corrected chi connectivity index (χ1v) is 16.6. The fourth-order valence-corrected chi connectivity index (χ4v) is 7.69. The Kier molecular flexibility index (Phi) is 5.99. The summed E-state index contributed by atoms with van der Waals surface area (Å²) in [5, 5.41) is 5.18. The van der Waals surface area contributed by atoms with Gasteiger partial charge >= 0.3 is 0 Å². The third-order valence-electron chi connectivity index (χ3n) is 9.82. The zero-order chi connectivity index (χ0) is 32.5. The molecule has 4 nitrogen and oxygen atoms in total. The van der Waals surface area contributed by atoms with Gasteiger partial charge in [-0.05, 0) is 71.3 Å². The molecular formula is C45H29N3O. The molecule has 0 saturated heterocycles. The normalized spacial score (nSPS) is 11.8. The third-order valence-corrected chi connectivity index (χ3v) is 9.82. The maximum Gasteiger partial charge on any atom is 0.266 e. The third kappa shape index (κ3) is 4.07. The minimum atomic E-state index is -0.0415. The summed E-state index contributed by atoms with van der Waals surface area (Å²) in [6.07, 6.45) is 0. The van der Waals surface area contributed by atoms with Crippen LogP contribution in [0.1, 0.15) is 0 Å². The molecule has 0 fully saturated rings. The summed E-state index contributed by atoms with van der Waals surface area (Å²) in [5.74, 6) is 0. The van der Waals surface area contributed by atoms with Crippen molar-refractivity contribution in [2.75, 3.05) is 0 Å². The van der Waals surface area contributed by atoms with Crippen molar-refractivity contribution in [2.45, 2.75) is 0 Å². The van der Waals surface area contributed by atoms with Gasteiger partial charge in [0.05, 0.1) is 33.3 Å². The van der Waals surface area contributed by atoms with E-state index in [1.165, 1.54) is 16.3 Å². The van der Waals surface area contributed by atoms with Crippen molar-refractivity contribution in [3.8, 4) is 33.8 Å². The van der Waals surface area contributed by atoms with Crippen molar-refractivity contribution in [1.82, 2.24) is 13.5 Å². The first kappa shape index (κ1) is 27.5. The fraction of sp³-hybridized carbons (Fsp3) is 0. The van der Waals surface area contributed by atoms with Crippen LogP contribution in [0.5, 0.6) is 0 Å². The number of benzene rings is 7. The van der Waals surface area contributed by atoms with E-state index in [0.29, 0.717) is 5.39 Å². The topological polar surface area (TPSA) is 31.3 Å². The van der Waals surface area contributed by atoms with E-state index in [2.05, 4.69) is 142 Å². The molecule has 0 amide bonds. The number of hydrogen-bond acceptors (Lipinski definition) is 1. The van der Waals surface area contributed by atoms with Crippen molar-refractivity contribution in [3.05, 3.63) is 186 Å². The second kappa shape index (κ2) is 10.7. The van der Waals surface area contributed by atoms with Crippen LogP contribution in [0.25, 0.3) is 82.9 Å². The number of fused-ring (bicyclic) bond motifs is 8. The molecule has 49 heavy (non-hydrogen) atoms. The van der Waals surface area contributed by atoms with E-state index in [1.807, 2.05) is 47.0 Å². The Morgan fingerprint density at radius 3 is 1.55 bits per heavy atom. The standard InChI is InChI=1S/C45H29N3O/c49-45-39-29-32(31-24-26-41-38(28-31)35-20-12-13-23-40(35)46(41)33-16-6-2-7-17-33)25-27-42(39)48-43(30-14-4-1-5-15-30)36-21-10-11-22-37(36)44(48)47(45)34-18-8-3-9-19-34/h1-29H. The van der Waals surface area contributed by atoms with E-state index in [-0.39, 0.29) is 5.56 Å². The van der Waals surface area contributed by atoms with Crippen molar-refractivity contribution >= 4 is 49.1 Å². The second-order valence-electron chi connectivity index (χ2n) is 12.5. The summed E-state index contributed by atoms with van der Waals surface area (Å²) < 4.78 is 6.49. The molecule has 0 atom stereocenters. The Morgan fingerprint density at radius 2 is 0.857 bits per heavy atom. The van der Waals surface area contributed by atoms with Crippen molar-refractivity contribution in [3.63, 3.8) is 0 Å². The monoisotopic (exact) mass is 627 g/mol. The van der Waals surface area contributed by atoms with Gasteiger partial charge in [-0.25, -0.2) is 0 Å². The van der Waals surface area contributed by atoms with E-state index in [0.717, 1.165) is 61.2 Å². The summed E-state index contributed by atoms with van der Waals surface area (Å²) in [5.41, 5.74) is 10.2. The van der Waals surface area contributed by atoms with Gasteiger partial charge in [0.15, 0.2) is 0 Å². The fourth-order valence-electron chi connectivity index (χ4n) is 7.69. The second-order valence-corrected chi connectivity index (χ2v) is 12.5. The summed E-state index contributed by atoms with van der Waals surface area (Å²) in [7, 11) is 0. The molecule has 0 aliphatic rings. The average Bonchev–Trinajstić information content (AvgIpc) is 3.69. The van der Waals surface area contributed by atoms with Crippen LogP contribution >= 0.6 is 0 Å². The van der Waals surface area contributed by atoms with Gasteiger partial charge in [0.25, 0.3) is 5.56 Å². The highest BCUT2D eigenvalue weighted by Crippen LogP contribution is 2.39. The zero-order valence-electron chi connectivity index (χ0n) is 26.5. The lowest BCUT2D eigenvalue weighted by atomic mass is 10.0. The zero-order valence-corrected chi connectivity index (χ0v) is 26.5. The van der Waals surface area contributed by atoms with E-state index < -0.39 is 0 Å². The molecule has 10 aromatic rings. The molecule has 0 spiro atoms. The van der Waals surface area contributed by atoms with E-state index in [4.69, 9.17) is 0 Å². The molecule has 0 aliphatic carbocycles. The molecule has 0 N–H and O–H groups in total. The first-order valence-electron chi connectivity index (χ1n) is 16.6. The Hall–Kier alpha value is -6.65. The molecule has 230 valence electrons. The number of aromatic nitrogens is 3. The predicted octanol–water partition coefficient (Wildman–Crippen LogP) is 10.8. The Bertz CT molecular complexity index is 2930. The number of nitrogens with zero attached hydrogens (tertiary/aromatic N) is 3. The van der Waals surface area contributed by atoms with Gasteiger partial charge in [-0.3, -0.25) is 13.8 Å². The molecule has 4 heteroatoms. The molecule has 3 heterocycles. The SMILES string of the molecule is O=c1c2cc(-c3ccc4c(c3)c3ccccc3n4-c3ccccc3)ccc2n2c(-c3ccccc3)c3ccccc3c2n1-c1ccccc1. The molecule has 0 aliphatic heterocycles. The minimum absolute atomic E-state index is 0.0415. The molecule has 10 rings (SSSR count). The largest absolute Gasteiger partial charge is 0.309 e. The van der Waals surface area contributed by atoms with E-state index in [9.17, 15) is 4.79 Å². The van der Waals surface area contributed by atoms with Crippen LogP contribution < -0.4 is 5.56 Å². The van der Waals surface area contributed by atoms with Crippen LogP contribution in [0.2, 0.25) is 0 Å². The number of para-hydroxylation sites is 3. The lowest BCUT2D eigenvalue weighted by Gasteiger charge is -2.15. The lowest BCUT2D eigenvalue weighted by Crippen LogP contribution is -2.21. The Labute approximate surface area is 282 Å². The quantitative estimate of drug-likeness (QED) is 0.191. The summed E-state index contributed by atoms with van der Waals surface area (Å²) in [6, 6.07) is 61.0. The number of hydrogen-bond donors (Lipinski definition) is 0. The van der Waals surface area contributed by atoms with Crippen LogP contribution in [0.3, 0.4) is 0 Å². The molecule has 7 aromatic carbocycles. The average molecular weight is 628 g/mol. The van der Waals surface area contributed by atoms with Crippen LogP contribution in [-0.4, -0.2) is 13.5 Å². The predicted molar refractivity (Wildman–Crippen MR) is 203 cm³/mol.